The topological polar surface area (TPSA) is 76.2 Å². The molecule has 0 bridgehead atoms. The highest BCUT2D eigenvalue weighted by Crippen LogP contribution is 2.24. The van der Waals surface area contributed by atoms with E-state index in [1.54, 1.807) is 6.20 Å². The molecule has 0 aliphatic carbocycles. The molecule has 3 N–H and O–H groups in total. The van der Waals surface area contributed by atoms with Crippen LogP contribution in [0.15, 0.2) is 42.6 Å². The molecule has 1 atom stereocenters. The molecule has 2 aromatic rings. The van der Waals surface area contributed by atoms with E-state index in [2.05, 4.69) is 4.98 Å². The summed E-state index contributed by atoms with van der Waals surface area (Å²) >= 11 is -1.81. The molecule has 88 valence electrons. The van der Waals surface area contributed by atoms with Crippen LogP contribution in [0, 0.1) is 0 Å². The monoisotopic (exact) mass is 248 g/mol. The number of benzene rings is 1. The zero-order valence-electron chi connectivity index (χ0n) is 9.04. The molecular weight excluding hydrogens is 236 g/mol. The second-order valence-corrected chi connectivity index (χ2v) is 4.53. The molecule has 1 aromatic carbocycles. The van der Waals surface area contributed by atoms with Gasteiger partial charge in [0, 0.05) is 11.8 Å². The minimum absolute atomic E-state index is 0.142. The Morgan fingerprint density at radius 3 is 2.53 bits per heavy atom. The molecule has 17 heavy (non-hydrogen) atoms. The van der Waals surface area contributed by atoms with E-state index in [1.807, 2.05) is 36.4 Å². The predicted octanol–water partition coefficient (Wildman–Crippen LogP) is 2.05. The number of aromatic nitrogens is 1. The van der Waals surface area contributed by atoms with Crippen LogP contribution in [0.1, 0.15) is 5.56 Å². The molecule has 0 aliphatic rings. The quantitative estimate of drug-likeness (QED) is 0.815. The Kier molecular flexibility index (Phi) is 3.51. The van der Waals surface area contributed by atoms with Crippen molar-refractivity contribution in [1.82, 2.24) is 4.98 Å². The van der Waals surface area contributed by atoms with Gasteiger partial charge < -0.3 is 10.3 Å². The summed E-state index contributed by atoms with van der Waals surface area (Å²) in [6.07, 6.45) is 1.64. The normalized spacial score (nSPS) is 12.3. The highest BCUT2D eigenvalue weighted by atomic mass is 32.2. The van der Waals surface area contributed by atoms with Crippen molar-refractivity contribution in [3.63, 3.8) is 0 Å². The van der Waals surface area contributed by atoms with Gasteiger partial charge in [0.25, 0.3) is 0 Å². The lowest BCUT2D eigenvalue weighted by molar-refractivity contribution is 0.563. The maximum atomic E-state index is 10.7. The lowest BCUT2D eigenvalue weighted by Crippen LogP contribution is -1.94. The van der Waals surface area contributed by atoms with Gasteiger partial charge in [-0.3, -0.25) is 0 Å². The Bertz CT molecular complexity index is 540. The van der Waals surface area contributed by atoms with Gasteiger partial charge in [-0.2, -0.15) is 0 Å². The SMILES string of the molecule is Nc1ncccc1-c1ccc(CS(=O)O)cc1. The van der Waals surface area contributed by atoms with Gasteiger partial charge in [-0.25, -0.2) is 9.19 Å². The van der Waals surface area contributed by atoms with Crippen molar-refractivity contribution in [1.29, 1.82) is 0 Å². The van der Waals surface area contributed by atoms with Crippen LogP contribution in [0.2, 0.25) is 0 Å². The summed E-state index contributed by atoms with van der Waals surface area (Å²) < 4.78 is 19.4. The minimum Gasteiger partial charge on any atom is -0.383 e. The number of hydrogen-bond donors (Lipinski definition) is 2. The molecule has 4 nitrogen and oxygen atoms in total. The fourth-order valence-electron chi connectivity index (χ4n) is 1.58. The van der Waals surface area contributed by atoms with Crippen molar-refractivity contribution < 1.29 is 8.76 Å². The van der Waals surface area contributed by atoms with Crippen LogP contribution >= 0.6 is 0 Å². The van der Waals surface area contributed by atoms with Gasteiger partial charge in [0.2, 0.25) is 0 Å². The van der Waals surface area contributed by atoms with Crippen LogP contribution in [0.3, 0.4) is 0 Å². The highest BCUT2D eigenvalue weighted by Gasteiger charge is 2.03. The van der Waals surface area contributed by atoms with Crippen molar-refractivity contribution in [2.45, 2.75) is 5.75 Å². The Balaban J connectivity index is 2.30. The lowest BCUT2D eigenvalue weighted by Gasteiger charge is -2.05. The minimum atomic E-state index is -1.81. The van der Waals surface area contributed by atoms with Crippen molar-refractivity contribution in [3.8, 4) is 11.1 Å². The Hall–Kier alpha value is -1.72. The maximum absolute atomic E-state index is 10.7. The molecule has 2 rings (SSSR count). The third-order valence-corrected chi connectivity index (χ3v) is 2.97. The average molecular weight is 248 g/mol. The summed E-state index contributed by atoms with van der Waals surface area (Å²) in [7, 11) is 0. The van der Waals surface area contributed by atoms with Crippen LogP contribution < -0.4 is 5.73 Å². The van der Waals surface area contributed by atoms with E-state index in [9.17, 15) is 4.21 Å². The third-order valence-electron chi connectivity index (χ3n) is 2.39. The number of rotatable bonds is 3. The molecule has 0 amide bonds. The van der Waals surface area contributed by atoms with E-state index < -0.39 is 11.1 Å². The van der Waals surface area contributed by atoms with E-state index >= 15 is 0 Å². The maximum Gasteiger partial charge on any atom is 0.157 e. The summed E-state index contributed by atoms with van der Waals surface area (Å²) in [5.74, 6) is 0.619. The number of nitrogen functional groups attached to an aromatic ring is 1. The highest BCUT2D eigenvalue weighted by molar-refractivity contribution is 7.78. The van der Waals surface area contributed by atoms with E-state index in [0.29, 0.717) is 5.82 Å². The molecule has 0 saturated carbocycles. The standard InChI is InChI=1S/C12H12N2O2S/c13-12-11(2-1-7-14-12)10-5-3-9(4-6-10)8-17(15)16/h1-7H,8H2,(H2,13,14)(H,15,16). The summed E-state index contributed by atoms with van der Waals surface area (Å²) in [4.78, 5) is 4.02. The van der Waals surface area contributed by atoms with Crippen molar-refractivity contribution in [3.05, 3.63) is 48.2 Å². The Labute approximate surface area is 102 Å². The van der Waals surface area contributed by atoms with E-state index in [4.69, 9.17) is 10.3 Å². The number of anilines is 1. The summed E-state index contributed by atoms with van der Waals surface area (Å²) in [6, 6.07) is 11.1. The van der Waals surface area contributed by atoms with Crippen LogP contribution in [-0.4, -0.2) is 13.7 Å². The molecule has 0 radical (unpaired) electrons. The second kappa shape index (κ2) is 5.07. The summed E-state index contributed by atoms with van der Waals surface area (Å²) in [6.45, 7) is 0. The van der Waals surface area contributed by atoms with Crippen LogP contribution in [0.25, 0.3) is 11.1 Å². The van der Waals surface area contributed by atoms with Crippen LogP contribution in [0.4, 0.5) is 5.82 Å². The second-order valence-electron chi connectivity index (χ2n) is 3.60. The van der Waals surface area contributed by atoms with E-state index in [0.717, 1.165) is 16.7 Å². The zero-order valence-corrected chi connectivity index (χ0v) is 9.85. The van der Waals surface area contributed by atoms with Crippen LogP contribution in [0.5, 0.6) is 0 Å². The van der Waals surface area contributed by atoms with Gasteiger partial charge in [-0.05, 0) is 23.3 Å². The van der Waals surface area contributed by atoms with Gasteiger partial charge in [-0.1, -0.05) is 24.3 Å². The van der Waals surface area contributed by atoms with Crippen molar-refractivity contribution in [2.75, 3.05) is 5.73 Å². The molecule has 0 aliphatic heterocycles. The van der Waals surface area contributed by atoms with Gasteiger partial charge in [-0.15, -0.1) is 0 Å². The fraction of sp³-hybridized carbons (Fsp3) is 0.0833. The summed E-state index contributed by atoms with van der Waals surface area (Å²) in [5, 5.41) is 0. The first-order valence-corrected chi connectivity index (χ1v) is 6.31. The number of nitrogens with two attached hydrogens (primary N) is 1. The first-order chi connectivity index (χ1) is 8.16. The lowest BCUT2D eigenvalue weighted by atomic mass is 10.1. The Morgan fingerprint density at radius 1 is 1.24 bits per heavy atom. The average Bonchev–Trinajstić information content (AvgIpc) is 2.30. The molecular formula is C12H12N2O2S. The largest absolute Gasteiger partial charge is 0.383 e. The van der Waals surface area contributed by atoms with Crippen LogP contribution in [-0.2, 0) is 16.8 Å². The van der Waals surface area contributed by atoms with Gasteiger partial charge in [0.15, 0.2) is 11.1 Å². The van der Waals surface area contributed by atoms with Crippen molar-refractivity contribution in [2.24, 2.45) is 0 Å². The third kappa shape index (κ3) is 2.89. The molecule has 0 saturated heterocycles. The molecule has 1 heterocycles. The number of nitrogens with zero attached hydrogens (tertiary/aromatic N) is 1. The number of pyridine rings is 1. The molecule has 5 heteroatoms. The van der Waals surface area contributed by atoms with E-state index in [1.165, 1.54) is 0 Å². The first kappa shape index (κ1) is 11.8. The molecule has 0 fully saturated rings. The van der Waals surface area contributed by atoms with E-state index in [-0.39, 0.29) is 5.75 Å². The van der Waals surface area contributed by atoms with Gasteiger partial charge >= 0.3 is 0 Å². The number of hydrogen-bond acceptors (Lipinski definition) is 3. The molecule has 1 unspecified atom stereocenters. The first-order valence-electron chi connectivity index (χ1n) is 5.04. The predicted molar refractivity (Wildman–Crippen MR) is 68.6 cm³/mol. The van der Waals surface area contributed by atoms with Gasteiger partial charge in [0.05, 0.1) is 5.75 Å². The fourth-order valence-corrected chi connectivity index (χ4v) is 2.06. The summed E-state index contributed by atoms with van der Waals surface area (Å²) in [5.41, 5.74) is 8.40. The Morgan fingerprint density at radius 2 is 1.94 bits per heavy atom. The van der Waals surface area contributed by atoms with Gasteiger partial charge in [0.1, 0.15) is 5.82 Å². The van der Waals surface area contributed by atoms with Crippen molar-refractivity contribution >= 4 is 16.9 Å². The molecule has 1 aromatic heterocycles. The molecule has 0 spiro atoms. The smallest absolute Gasteiger partial charge is 0.157 e. The zero-order chi connectivity index (χ0) is 12.3.